The summed E-state index contributed by atoms with van der Waals surface area (Å²) in [6.07, 6.45) is 0. The van der Waals surface area contributed by atoms with Gasteiger partial charge in [-0.05, 0) is 29.3 Å². The van der Waals surface area contributed by atoms with Gasteiger partial charge in [-0.15, -0.1) is 0 Å². The number of nitro groups is 2. The van der Waals surface area contributed by atoms with Crippen molar-refractivity contribution in [3.63, 3.8) is 0 Å². The van der Waals surface area contributed by atoms with Crippen LogP contribution in [0.2, 0.25) is 0 Å². The van der Waals surface area contributed by atoms with Gasteiger partial charge in [0.25, 0.3) is 16.8 Å². The maximum atomic E-state index is 13.0. The van der Waals surface area contributed by atoms with Crippen molar-refractivity contribution in [2.45, 2.75) is 0 Å². The van der Waals surface area contributed by atoms with E-state index in [1.165, 1.54) is 6.07 Å². The molecular formula is C20H12N4O6. The number of nitrogens with zero attached hydrogens (tertiary/aromatic N) is 3. The lowest BCUT2D eigenvalue weighted by Gasteiger charge is -2.09. The number of benzene rings is 3. The van der Waals surface area contributed by atoms with Crippen LogP contribution in [0.25, 0.3) is 27.6 Å². The fraction of sp³-hybridized carbons (Fsp3) is 0. The van der Waals surface area contributed by atoms with Gasteiger partial charge in [-0.25, -0.2) is 4.68 Å². The number of H-pyrrole nitrogens is 1. The maximum absolute atomic E-state index is 13.0. The molecule has 3 aromatic carbocycles. The quantitative estimate of drug-likeness (QED) is 0.409. The second-order valence-corrected chi connectivity index (χ2v) is 6.40. The summed E-state index contributed by atoms with van der Waals surface area (Å²) in [7, 11) is 0. The summed E-state index contributed by atoms with van der Waals surface area (Å²) in [6.45, 7) is 0. The summed E-state index contributed by atoms with van der Waals surface area (Å²) >= 11 is 0. The molecular weight excluding hydrogens is 392 g/mol. The number of aromatic nitrogens is 2. The summed E-state index contributed by atoms with van der Waals surface area (Å²) < 4.78 is 0.731. The van der Waals surface area contributed by atoms with Crippen LogP contribution < -0.4 is 11.1 Å². The number of fused-ring (bicyclic) bond motifs is 1. The van der Waals surface area contributed by atoms with Gasteiger partial charge in [-0.2, -0.15) is 0 Å². The summed E-state index contributed by atoms with van der Waals surface area (Å²) in [4.78, 5) is 46.3. The van der Waals surface area contributed by atoms with Gasteiger partial charge in [-0.3, -0.25) is 34.9 Å². The lowest BCUT2D eigenvalue weighted by atomic mass is 10.0. The van der Waals surface area contributed by atoms with Crippen LogP contribution in [0.1, 0.15) is 0 Å². The summed E-state index contributed by atoms with van der Waals surface area (Å²) in [5, 5.41) is 24.9. The lowest BCUT2D eigenvalue weighted by molar-refractivity contribution is -0.394. The molecule has 0 bridgehead atoms. The summed E-state index contributed by atoms with van der Waals surface area (Å²) in [5.74, 6) is 0. The molecule has 30 heavy (non-hydrogen) atoms. The predicted molar refractivity (Wildman–Crippen MR) is 109 cm³/mol. The van der Waals surface area contributed by atoms with Crippen molar-refractivity contribution in [1.82, 2.24) is 9.78 Å². The van der Waals surface area contributed by atoms with Crippen LogP contribution in [0.4, 0.5) is 11.4 Å². The Balaban J connectivity index is 1.95. The average molecular weight is 404 g/mol. The fourth-order valence-electron chi connectivity index (χ4n) is 3.19. The molecule has 0 saturated carbocycles. The van der Waals surface area contributed by atoms with Gasteiger partial charge in [0.15, 0.2) is 0 Å². The molecule has 0 spiro atoms. The monoisotopic (exact) mass is 404 g/mol. The van der Waals surface area contributed by atoms with Crippen LogP contribution >= 0.6 is 0 Å². The molecule has 4 rings (SSSR count). The zero-order valence-electron chi connectivity index (χ0n) is 15.1. The molecule has 1 N–H and O–H groups in total. The highest BCUT2D eigenvalue weighted by Crippen LogP contribution is 2.27. The minimum Gasteiger partial charge on any atom is -0.267 e. The summed E-state index contributed by atoms with van der Waals surface area (Å²) in [6, 6.07) is 16.8. The Labute approximate surface area is 166 Å². The van der Waals surface area contributed by atoms with E-state index in [2.05, 4.69) is 5.10 Å². The molecule has 0 radical (unpaired) electrons. The number of hydrogen-bond donors (Lipinski definition) is 1. The summed E-state index contributed by atoms with van der Waals surface area (Å²) in [5.41, 5.74) is -1.20. The molecule has 0 atom stereocenters. The number of nitro benzene ring substituents is 2. The Morgan fingerprint density at radius 3 is 2.17 bits per heavy atom. The Bertz CT molecular complexity index is 1440. The molecule has 0 fully saturated rings. The third-order valence-electron chi connectivity index (χ3n) is 4.63. The first-order valence-corrected chi connectivity index (χ1v) is 8.64. The normalized spacial score (nSPS) is 10.8. The van der Waals surface area contributed by atoms with Crippen LogP contribution in [-0.2, 0) is 0 Å². The van der Waals surface area contributed by atoms with Crippen molar-refractivity contribution >= 4 is 22.1 Å². The molecule has 0 aliphatic rings. The van der Waals surface area contributed by atoms with Crippen molar-refractivity contribution < 1.29 is 9.85 Å². The Morgan fingerprint density at radius 2 is 1.50 bits per heavy atom. The van der Waals surface area contributed by atoms with Gasteiger partial charge >= 0.3 is 5.69 Å². The maximum Gasteiger partial charge on any atom is 0.301 e. The van der Waals surface area contributed by atoms with Crippen LogP contribution in [0, 0.1) is 20.2 Å². The molecule has 10 nitrogen and oxygen atoms in total. The van der Waals surface area contributed by atoms with Gasteiger partial charge in [0.05, 0.1) is 26.7 Å². The van der Waals surface area contributed by atoms with E-state index in [1.807, 2.05) is 30.3 Å². The second kappa shape index (κ2) is 7.09. The zero-order valence-corrected chi connectivity index (χ0v) is 15.1. The molecule has 1 heterocycles. The zero-order chi connectivity index (χ0) is 21.4. The van der Waals surface area contributed by atoms with Crippen molar-refractivity contribution in [1.29, 1.82) is 0 Å². The highest BCUT2D eigenvalue weighted by molar-refractivity contribution is 5.86. The number of nitrogens with one attached hydrogen (secondary N) is 1. The fourth-order valence-corrected chi connectivity index (χ4v) is 3.19. The van der Waals surface area contributed by atoms with Crippen molar-refractivity contribution in [2.24, 2.45) is 0 Å². The van der Waals surface area contributed by atoms with E-state index in [9.17, 15) is 29.8 Å². The van der Waals surface area contributed by atoms with Gasteiger partial charge in [0, 0.05) is 6.07 Å². The first kappa shape index (κ1) is 18.7. The Kier molecular flexibility index (Phi) is 4.43. The van der Waals surface area contributed by atoms with E-state index in [4.69, 9.17) is 0 Å². The number of aromatic amines is 1. The molecule has 0 saturated heterocycles. The van der Waals surface area contributed by atoms with Gasteiger partial charge in [0.2, 0.25) is 0 Å². The Hall–Kier alpha value is -4.60. The molecule has 1 aromatic heterocycles. The topological polar surface area (TPSA) is 141 Å². The van der Waals surface area contributed by atoms with Gasteiger partial charge in [0.1, 0.15) is 5.69 Å². The second-order valence-electron chi connectivity index (χ2n) is 6.40. The van der Waals surface area contributed by atoms with Crippen LogP contribution in [0.3, 0.4) is 0 Å². The largest absolute Gasteiger partial charge is 0.301 e. The lowest BCUT2D eigenvalue weighted by Crippen LogP contribution is -2.29. The molecule has 0 unspecified atom stereocenters. The van der Waals surface area contributed by atoms with Crippen LogP contribution in [0.15, 0.2) is 76.3 Å². The molecule has 4 aromatic rings. The predicted octanol–water partition coefficient (Wildman–Crippen LogP) is 3.16. The van der Waals surface area contributed by atoms with Crippen LogP contribution in [0.5, 0.6) is 0 Å². The van der Waals surface area contributed by atoms with E-state index in [1.54, 1.807) is 12.1 Å². The van der Waals surface area contributed by atoms with Crippen molar-refractivity contribution in [3.05, 3.63) is 108 Å². The van der Waals surface area contributed by atoms with E-state index in [-0.39, 0.29) is 16.5 Å². The molecule has 10 heteroatoms. The van der Waals surface area contributed by atoms with Gasteiger partial charge < -0.3 is 0 Å². The molecule has 0 amide bonds. The standard InChI is InChI=1S/C20H12N4O6/c25-19-16-10-13(12-4-2-1-3-5-12)6-8-15(16)20(26)22(21-19)17-9-7-14(23(27)28)11-18(17)24(29)30/h1-11H,(H,21,25). The number of rotatable bonds is 4. The SMILES string of the molecule is O=c1[nH]n(-c2ccc([N+](=O)[O-])cc2[N+](=O)[O-])c(=O)c2ccc(-c3ccccc3)cc12. The van der Waals surface area contributed by atoms with E-state index >= 15 is 0 Å². The van der Waals surface area contributed by atoms with E-state index in [0.717, 1.165) is 34.0 Å². The first-order valence-electron chi connectivity index (χ1n) is 8.64. The first-order chi connectivity index (χ1) is 14.4. The third-order valence-corrected chi connectivity index (χ3v) is 4.63. The minimum atomic E-state index is -0.851. The number of hydrogen-bond acceptors (Lipinski definition) is 6. The van der Waals surface area contributed by atoms with E-state index in [0.29, 0.717) is 0 Å². The molecule has 0 aliphatic heterocycles. The molecule has 148 valence electrons. The Morgan fingerprint density at radius 1 is 0.767 bits per heavy atom. The molecule has 0 aliphatic carbocycles. The smallest absolute Gasteiger partial charge is 0.267 e. The number of non-ortho nitro benzene ring substituents is 1. The highest BCUT2D eigenvalue weighted by Gasteiger charge is 2.23. The van der Waals surface area contributed by atoms with Gasteiger partial charge in [-0.1, -0.05) is 36.4 Å². The minimum absolute atomic E-state index is 0.0612. The highest BCUT2D eigenvalue weighted by atomic mass is 16.6. The average Bonchev–Trinajstić information content (AvgIpc) is 2.76. The van der Waals surface area contributed by atoms with E-state index < -0.39 is 32.3 Å². The van der Waals surface area contributed by atoms with Crippen LogP contribution in [-0.4, -0.2) is 19.6 Å². The van der Waals surface area contributed by atoms with Crippen molar-refractivity contribution in [2.75, 3.05) is 0 Å². The van der Waals surface area contributed by atoms with Crippen molar-refractivity contribution in [3.8, 4) is 16.8 Å². The third kappa shape index (κ3) is 3.11.